The van der Waals surface area contributed by atoms with Crippen molar-refractivity contribution in [1.29, 1.82) is 0 Å². The van der Waals surface area contributed by atoms with E-state index in [9.17, 15) is 19.7 Å². The summed E-state index contributed by atoms with van der Waals surface area (Å²) >= 11 is 5.69. The SMILES string of the molecule is CC(OC(=O)c1ccc([N+](=O)[O-])cc1)C(=O)Nc1ccc(Cl)cn1. The van der Waals surface area contributed by atoms with Gasteiger partial charge in [0.1, 0.15) is 5.82 Å². The fraction of sp³-hybridized carbons (Fsp3) is 0.133. The Morgan fingerprint density at radius 1 is 1.25 bits per heavy atom. The summed E-state index contributed by atoms with van der Waals surface area (Å²) in [7, 11) is 0. The van der Waals surface area contributed by atoms with Crippen LogP contribution in [0.2, 0.25) is 5.02 Å². The van der Waals surface area contributed by atoms with Gasteiger partial charge < -0.3 is 10.1 Å². The molecule has 1 amide bonds. The van der Waals surface area contributed by atoms with Crippen LogP contribution in [0.4, 0.5) is 11.5 Å². The molecular formula is C15H12ClN3O5. The minimum Gasteiger partial charge on any atom is -0.449 e. The van der Waals surface area contributed by atoms with E-state index in [1.165, 1.54) is 43.5 Å². The third kappa shape index (κ3) is 4.50. The zero-order valence-electron chi connectivity index (χ0n) is 12.4. The lowest BCUT2D eigenvalue weighted by Crippen LogP contribution is -2.30. The maximum absolute atomic E-state index is 12.0. The molecule has 9 heteroatoms. The molecule has 2 rings (SSSR count). The number of aromatic nitrogens is 1. The van der Waals surface area contributed by atoms with Gasteiger partial charge in [0, 0.05) is 18.3 Å². The quantitative estimate of drug-likeness (QED) is 0.504. The van der Waals surface area contributed by atoms with Crippen LogP contribution in [-0.4, -0.2) is 27.9 Å². The number of nitrogens with zero attached hydrogens (tertiary/aromatic N) is 2. The lowest BCUT2D eigenvalue weighted by atomic mass is 10.2. The van der Waals surface area contributed by atoms with Crippen molar-refractivity contribution in [2.75, 3.05) is 5.32 Å². The molecule has 24 heavy (non-hydrogen) atoms. The van der Waals surface area contributed by atoms with Crippen LogP contribution in [0.1, 0.15) is 17.3 Å². The fourth-order valence-electron chi connectivity index (χ4n) is 1.68. The highest BCUT2D eigenvalue weighted by molar-refractivity contribution is 6.30. The summed E-state index contributed by atoms with van der Waals surface area (Å²) in [5, 5.41) is 13.5. The van der Waals surface area contributed by atoms with Crippen molar-refractivity contribution < 1.29 is 19.2 Å². The summed E-state index contributed by atoms with van der Waals surface area (Å²) in [6, 6.07) is 7.93. The average Bonchev–Trinajstić information content (AvgIpc) is 2.56. The molecule has 1 N–H and O–H groups in total. The minimum absolute atomic E-state index is 0.102. The maximum Gasteiger partial charge on any atom is 0.338 e. The van der Waals surface area contributed by atoms with Crippen LogP contribution in [0.5, 0.6) is 0 Å². The van der Waals surface area contributed by atoms with Gasteiger partial charge in [-0.3, -0.25) is 14.9 Å². The Bertz CT molecular complexity index is 762. The van der Waals surface area contributed by atoms with Crippen molar-refractivity contribution >= 4 is 35.0 Å². The first-order chi connectivity index (χ1) is 11.4. The molecule has 0 aliphatic heterocycles. The number of halogens is 1. The van der Waals surface area contributed by atoms with Gasteiger partial charge in [0.2, 0.25) is 0 Å². The largest absolute Gasteiger partial charge is 0.449 e. The molecule has 0 aliphatic rings. The Kier molecular flexibility index (Phi) is 5.43. The van der Waals surface area contributed by atoms with Crippen LogP contribution in [0.3, 0.4) is 0 Å². The Morgan fingerprint density at radius 2 is 1.92 bits per heavy atom. The van der Waals surface area contributed by atoms with Gasteiger partial charge in [0.05, 0.1) is 15.5 Å². The zero-order valence-corrected chi connectivity index (χ0v) is 13.2. The molecule has 1 unspecified atom stereocenters. The highest BCUT2D eigenvalue weighted by Gasteiger charge is 2.20. The van der Waals surface area contributed by atoms with Crippen molar-refractivity contribution in [1.82, 2.24) is 4.98 Å². The van der Waals surface area contributed by atoms with E-state index in [2.05, 4.69) is 10.3 Å². The van der Waals surface area contributed by atoms with Crippen LogP contribution in [0.15, 0.2) is 42.6 Å². The van der Waals surface area contributed by atoms with Crippen molar-refractivity contribution in [2.24, 2.45) is 0 Å². The number of anilines is 1. The van der Waals surface area contributed by atoms with E-state index < -0.39 is 22.9 Å². The molecule has 2 aromatic rings. The van der Waals surface area contributed by atoms with Crippen LogP contribution in [0, 0.1) is 10.1 Å². The summed E-state index contributed by atoms with van der Waals surface area (Å²) in [4.78, 5) is 37.8. The second-order valence-corrected chi connectivity index (χ2v) is 5.14. The predicted molar refractivity (Wildman–Crippen MR) is 85.9 cm³/mol. The predicted octanol–water partition coefficient (Wildman–Crippen LogP) is 2.83. The molecule has 0 saturated carbocycles. The molecule has 0 saturated heterocycles. The van der Waals surface area contributed by atoms with Crippen LogP contribution >= 0.6 is 11.6 Å². The molecule has 1 aromatic carbocycles. The molecule has 8 nitrogen and oxygen atoms in total. The highest BCUT2D eigenvalue weighted by atomic mass is 35.5. The van der Waals surface area contributed by atoms with E-state index >= 15 is 0 Å². The number of non-ortho nitro benzene ring substituents is 1. The molecule has 0 spiro atoms. The van der Waals surface area contributed by atoms with Gasteiger partial charge in [-0.2, -0.15) is 0 Å². The third-order valence-corrected chi connectivity index (χ3v) is 3.17. The second kappa shape index (κ2) is 7.51. The van der Waals surface area contributed by atoms with Crippen molar-refractivity contribution in [3.05, 3.63) is 63.3 Å². The summed E-state index contributed by atoms with van der Waals surface area (Å²) < 4.78 is 5.02. The lowest BCUT2D eigenvalue weighted by Gasteiger charge is -2.13. The second-order valence-electron chi connectivity index (χ2n) is 4.70. The zero-order chi connectivity index (χ0) is 17.7. The van der Waals surface area contributed by atoms with Crippen molar-refractivity contribution in [3.8, 4) is 0 Å². The molecule has 0 radical (unpaired) electrons. The molecule has 0 aliphatic carbocycles. The van der Waals surface area contributed by atoms with Gasteiger partial charge in [0.15, 0.2) is 6.10 Å². The molecule has 0 bridgehead atoms. The number of hydrogen-bond donors (Lipinski definition) is 1. The number of ether oxygens (including phenoxy) is 1. The molecule has 0 fully saturated rings. The number of esters is 1. The van der Waals surface area contributed by atoms with E-state index in [0.717, 1.165) is 0 Å². The number of amides is 1. The number of nitrogens with one attached hydrogen (secondary N) is 1. The first-order valence-electron chi connectivity index (χ1n) is 6.74. The third-order valence-electron chi connectivity index (χ3n) is 2.95. The maximum atomic E-state index is 12.0. The molecule has 1 aromatic heterocycles. The lowest BCUT2D eigenvalue weighted by molar-refractivity contribution is -0.384. The Hall–Kier alpha value is -3.00. The smallest absolute Gasteiger partial charge is 0.338 e. The Balaban J connectivity index is 1.96. The molecule has 1 heterocycles. The number of pyridine rings is 1. The van der Waals surface area contributed by atoms with E-state index in [-0.39, 0.29) is 17.1 Å². The topological polar surface area (TPSA) is 111 Å². The average molecular weight is 350 g/mol. The van der Waals surface area contributed by atoms with Gasteiger partial charge >= 0.3 is 5.97 Å². The van der Waals surface area contributed by atoms with Crippen molar-refractivity contribution in [3.63, 3.8) is 0 Å². The standard InChI is InChI=1S/C15H12ClN3O5/c1-9(14(20)18-13-7-4-11(16)8-17-13)24-15(21)10-2-5-12(6-3-10)19(22)23/h2-9H,1H3,(H,17,18,20). The summed E-state index contributed by atoms with van der Waals surface area (Å²) in [6.45, 7) is 1.40. The van der Waals surface area contributed by atoms with Crippen LogP contribution < -0.4 is 5.32 Å². The summed E-state index contributed by atoms with van der Waals surface area (Å²) in [5.41, 5.74) is -0.0453. The van der Waals surface area contributed by atoms with E-state index in [1.54, 1.807) is 6.07 Å². The van der Waals surface area contributed by atoms with Gasteiger partial charge in [-0.05, 0) is 31.2 Å². The van der Waals surface area contributed by atoms with Gasteiger partial charge in [0.25, 0.3) is 11.6 Å². The minimum atomic E-state index is -1.08. The summed E-state index contributed by atoms with van der Waals surface area (Å²) in [6.07, 6.45) is 0.287. The normalized spacial score (nSPS) is 11.4. The number of rotatable bonds is 5. The number of carbonyl (C=O) groups excluding carboxylic acids is 2. The number of carbonyl (C=O) groups is 2. The fourth-order valence-corrected chi connectivity index (χ4v) is 1.79. The number of nitro benzene ring substituents is 1. The number of benzene rings is 1. The molecule has 124 valence electrons. The summed E-state index contributed by atoms with van der Waals surface area (Å²) in [5.74, 6) is -1.07. The first-order valence-corrected chi connectivity index (χ1v) is 7.12. The van der Waals surface area contributed by atoms with Gasteiger partial charge in [-0.25, -0.2) is 9.78 Å². The number of hydrogen-bond acceptors (Lipinski definition) is 6. The van der Waals surface area contributed by atoms with E-state index in [4.69, 9.17) is 16.3 Å². The van der Waals surface area contributed by atoms with Crippen LogP contribution in [-0.2, 0) is 9.53 Å². The number of nitro groups is 1. The molecule has 1 atom stereocenters. The highest BCUT2D eigenvalue weighted by Crippen LogP contribution is 2.14. The van der Waals surface area contributed by atoms with Crippen molar-refractivity contribution in [2.45, 2.75) is 13.0 Å². The van der Waals surface area contributed by atoms with E-state index in [1.807, 2.05) is 0 Å². The van der Waals surface area contributed by atoms with Gasteiger partial charge in [-0.1, -0.05) is 11.6 Å². The van der Waals surface area contributed by atoms with Gasteiger partial charge in [-0.15, -0.1) is 0 Å². The van der Waals surface area contributed by atoms with Crippen LogP contribution in [0.25, 0.3) is 0 Å². The molecular weight excluding hydrogens is 338 g/mol. The monoisotopic (exact) mass is 349 g/mol. The Morgan fingerprint density at radius 3 is 2.46 bits per heavy atom. The van der Waals surface area contributed by atoms with E-state index in [0.29, 0.717) is 5.02 Å². The first kappa shape index (κ1) is 17.4. The Labute approximate surface area is 141 Å².